The van der Waals surface area contributed by atoms with Crippen molar-refractivity contribution in [1.82, 2.24) is 0 Å². The largest absolute Gasteiger partial charge is 0.462 e. The summed E-state index contributed by atoms with van der Waals surface area (Å²) in [5, 5.41) is 49.0. The number of carbonyl (C=O) groups is 4. The van der Waals surface area contributed by atoms with Gasteiger partial charge in [0.25, 0.3) is 5.79 Å². The summed E-state index contributed by atoms with van der Waals surface area (Å²) in [6, 6.07) is 0. The standard InChI is InChI=1S/C33H44O13/c1-10-16-15(20(37)19(36)13-9-14-22(44-14)25(28(13,16)4)43-12(3)35)17-21(38)18-23(29(17,5)24(10)42-11(2)34)30(6,40)26-33(45-26)31(18,7)32(8,41)27(39)46-33/h10,13-18,20-26,37-38,40-41H,9H2,1-8H3/t10?,13-,14+,15?,16?,17-,18-,20?,21-,22+,23+,24+,25+,26-,28+,29+,30+,31+,32-,33+/m1/s1. The van der Waals surface area contributed by atoms with Gasteiger partial charge in [-0.3, -0.25) is 14.4 Å². The minimum atomic E-state index is -2.14. The molecule has 8 aliphatic rings. The van der Waals surface area contributed by atoms with Crippen LogP contribution >= 0.6 is 0 Å². The SMILES string of the molecule is CC(=O)O[C@H]1[C@H]2O[C@H]2C[C@@H]2C(=O)C(O)C3C(C(C)[C@H](OC(C)=O)[C@@]4(C)[C@H]3[C@@H](O)[C@@H]3[C@@H]4[C@](C)(O)[C@H]4O[C@]45OC(=O)[C@@](C)(O)[C@]35C)[C@]21C. The van der Waals surface area contributed by atoms with Gasteiger partial charge in [0, 0.05) is 54.3 Å². The number of aliphatic hydroxyl groups is 4. The molecule has 1 spiro atoms. The molecule has 3 saturated heterocycles. The molecule has 0 aromatic rings. The van der Waals surface area contributed by atoms with Crippen LogP contribution in [0.3, 0.4) is 0 Å². The Hall–Kier alpha value is -2.16. The first kappa shape index (κ1) is 31.1. The number of aliphatic hydroxyl groups excluding tert-OH is 2. The zero-order chi connectivity index (χ0) is 33.6. The molecule has 46 heavy (non-hydrogen) atoms. The van der Waals surface area contributed by atoms with Gasteiger partial charge in [0.15, 0.2) is 17.5 Å². The molecule has 5 saturated carbocycles. The van der Waals surface area contributed by atoms with Crippen molar-refractivity contribution >= 4 is 23.7 Å². The van der Waals surface area contributed by atoms with E-state index >= 15 is 0 Å². The molecular weight excluding hydrogens is 604 g/mol. The highest BCUT2D eigenvalue weighted by atomic mass is 16.8. The van der Waals surface area contributed by atoms with Gasteiger partial charge in [0.1, 0.15) is 24.4 Å². The van der Waals surface area contributed by atoms with E-state index in [9.17, 15) is 39.6 Å². The van der Waals surface area contributed by atoms with E-state index < -0.39 is 135 Å². The van der Waals surface area contributed by atoms with Crippen molar-refractivity contribution in [3.8, 4) is 0 Å². The van der Waals surface area contributed by atoms with Gasteiger partial charge in [-0.15, -0.1) is 0 Å². The van der Waals surface area contributed by atoms with Crippen molar-refractivity contribution < 1.29 is 63.3 Å². The molecule has 0 amide bonds. The number of hydrogen-bond donors (Lipinski definition) is 4. The monoisotopic (exact) mass is 648 g/mol. The lowest BCUT2D eigenvalue weighted by Gasteiger charge is -2.66. The Labute approximate surface area is 266 Å². The number of Topliss-reactive ketones (excluding diaryl/α,β-unsaturated/α-hetero) is 1. The predicted octanol–water partition coefficient (Wildman–Crippen LogP) is -0.128. The van der Waals surface area contributed by atoms with Crippen LogP contribution in [0.2, 0.25) is 0 Å². The Balaban J connectivity index is 1.36. The van der Waals surface area contributed by atoms with Crippen LogP contribution in [0, 0.1) is 57.7 Å². The molecule has 3 aliphatic heterocycles. The van der Waals surface area contributed by atoms with Crippen molar-refractivity contribution in [2.45, 2.75) is 122 Å². The first-order valence-electron chi connectivity index (χ1n) is 16.4. The molecule has 0 radical (unpaired) electrons. The molecule has 5 aliphatic carbocycles. The summed E-state index contributed by atoms with van der Waals surface area (Å²) in [6.07, 6.45) is -6.27. The van der Waals surface area contributed by atoms with Gasteiger partial charge in [-0.2, -0.15) is 0 Å². The van der Waals surface area contributed by atoms with Crippen molar-refractivity contribution in [2.24, 2.45) is 57.7 Å². The Morgan fingerprint density at radius 2 is 1.50 bits per heavy atom. The van der Waals surface area contributed by atoms with Gasteiger partial charge in [-0.1, -0.05) is 20.8 Å². The second kappa shape index (κ2) is 8.52. The first-order chi connectivity index (χ1) is 21.2. The highest BCUT2D eigenvalue weighted by molar-refractivity contribution is 5.88. The van der Waals surface area contributed by atoms with Gasteiger partial charge >= 0.3 is 17.9 Å². The van der Waals surface area contributed by atoms with E-state index in [0.717, 1.165) is 0 Å². The lowest BCUT2D eigenvalue weighted by Crippen LogP contribution is -2.73. The molecular formula is C33H44O13. The van der Waals surface area contributed by atoms with Crippen LogP contribution in [0.1, 0.15) is 61.8 Å². The molecule has 0 aromatic heterocycles. The Morgan fingerprint density at radius 1 is 0.891 bits per heavy atom. The molecule has 0 bridgehead atoms. The normalized spacial score (nSPS) is 63.5. The number of rotatable bonds is 2. The molecule has 0 aromatic carbocycles. The number of hydrogen-bond acceptors (Lipinski definition) is 13. The molecule has 3 heterocycles. The zero-order valence-corrected chi connectivity index (χ0v) is 27.3. The minimum Gasteiger partial charge on any atom is -0.462 e. The maximum Gasteiger partial charge on any atom is 0.341 e. The molecule has 254 valence electrons. The maximum absolute atomic E-state index is 14.3. The fraction of sp³-hybridized carbons (Fsp3) is 0.879. The Morgan fingerprint density at radius 3 is 2.11 bits per heavy atom. The summed E-state index contributed by atoms with van der Waals surface area (Å²) < 4.78 is 29.8. The highest BCUT2D eigenvalue weighted by Gasteiger charge is 2.95. The van der Waals surface area contributed by atoms with Crippen LogP contribution in [0.5, 0.6) is 0 Å². The summed E-state index contributed by atoms with van der Waals surface area (Å²) in [6.45, 7) is 12.6. The minimum absolute atomic E-state index is 0.302. The van der Waals surface area contributed by atoms with Crippen LogP contribution < -0.4 is 0 Å². The third-order valence-corrected chi connectivity index (χ3v) is 14.8. The number of esters is 3. The average Bonchev–Trinajstić information content (AvgIpc) is 3.85. The third-order valence-electron chi connectivity index (χ3n) is 14.8. The lowest BCUT2D eigenvalue weighted by molar-refractivity contribution is -0.260. The maximum atomic E-state index is 14.3. The van der Waals surface area contributed by atoms with Crippen molar-refractivity contribution in [3.63, 3.8) is 0 Å². The molecule has 20 atom stereocenters. The fourth-order valence-corrected chi connectivity index (χ4v) is 13.2. The van der Waals surface area contributed by atoms with Gasteiger partial charge in [-0.05, 0) is 39.0 Å². The van der Waals surface area contributed by atoms with E-state index in [1.54, 1.807) is 13.8 Å². The summed E-state index contributed by atoms with van der Waals surface area (Å²) in [5.41, 5.74) is -7.87. The van der Waals surface area contributed by atoms with E-state index in [1.807, 2.05) is 13.8 Å². The summed E-state index contributed by atoms with van der Waals surface area (Å²) in [7, 11) is 0. The van der Waals surface area contributed by atoms with Crippen molar-refractivity contribution in [3.05, 3.63) is 0 Å². The first-order valence-corrected chi connectivity index (χ1v) is 16.4. The van der Waals surface area contributed by atoms with Crippen LogP contribution in [0.4, 0.5) is 0 Å². The second-order valence-corrected chi connectivity index (χ2v) is 16.6. The molecule has 8 rings (SSSR count). The van der Waals surface area contributed by atoms with Crippen molar-refractivity contribution in [2.75, 3.05) is 0 Å². The van der Waals surface area contributed by atoms with E-state index in [0.29, 0.717) is 6.42 Å². The van der Waals surface area contributed by atoms with Crippen LogP contribution in [-0.4, -0.2) is 104 Å². The summed E-state index contributed by atoms with van der Waals surface area (Å²) in [5.74, 6) is -10.1. The number of ketones is 1. The lowest BCUT2D eigenvalue weighted by atomic mass is 9.39. The number of ether oxygens (including phenoxy) is 5. The molecule has 13 heteroatoms. The topological polar surface area (TPSA) is 202 Å². The number of fused-ring (bicyclic) bond motifs is 9. The summed E-state index contributed by atoms with van der Waals surface area (Å²) >= 11 is 0. The third kappa shape index (κ3) is 3.03. The summed E-state index contributed by atoms with van der Waals surface area (Å²) in [4.78, 5) is 52.9. The Bertz CT molecular complexity index is 1470. The molecule has 13 nitrogen and oxygen atoms in total. The average molecular weight is 649 g/mol. The van der Waals surface area contributed by atoms with Crippen molar-refractivity contribution in [1.29, 1.82) is 0 Å². The van der Waals surface area contributed by atoms with E-state index in [4.69, 9.17) is 23.7 Å². The zero-order valence-electron chi connectivity index (χ0n) is 27.3. The molecule has 4 N–H and O–H groups in total. The highest BCUT2D eigenvalue weighted by Crippen LogP contribution is 2.81. The van der Waals surface area contributed by atoms with Crippen LogP contribution in [-0.2, 0) is 42.9 Å². The van der Waals surface area contributed by atoms with E-state index in [-0.39, 0.29) is 6.10 Å². The fourth-order valence-electron chi connectivity index (χ4n) is 13.2. The predicted molar refractivity (Wildman–Crippen MR) is 151 cm³/mol. The molecule has 8 fully saturated rings. The quantitative estimate of drug-likeness (QED) is 0.175. The number of epoxide rings is 2. The van der Waals surface area contributed by atoms with Crippen LogP contribution in [0.25, 0.3) is 0 Å². The van der Waals surface area contributed by atoms with Crippen LogP contribution in [0.15, 0.2) is 0 Å². The van der Waals surface area contributed by atoms with Gasteiger partial charge in [-0.25, -0.2) is 4.79 Å². The van der Waals surface area contributed by atoms with Gasteiger partial charge < -0.3 is 44.1 Å². The Kier molecular flexibility index (Phi) is 5.76. The van der Waals surface area contributed by atoms with E-state index in [1.165, 1.54) is 27.7 Å². The van der Waals surface area contributed by atoms with Gasteiger partial charge in [0.2, 0.25) is 0 Å². The second-order valence-electron chi connectivity index (χ2n) is 16.6. The van der Waals surface area contributed by atoms with E-state index in [2.05, 4.69) is 0 Å². The van der Waals surface area contributed by atoms with Gasteiger partial charge in [0.05, 0.1) is 23.2 Å². The number of carbonyl (C=O) groups excluding carboxylic acids is 4. The smallest absolute Gasteiger partial charge is 0.341 e. The molecule has 4 unspecified atom stereocenters.